The van der Waals surface area contributed by atoms with E-state index in [0.29, 0.717) is 0 Å². The lowest BCUT2D eigenvalue weighted by atomic mass is 11.2. The highest BCUT2D eigenvalue weighted by Gasteiger charge is 1.91. The Morgan fingerprint density at radius 2 is 2.50 bits per heavy atom. The third-order valence-electron chi connectivity index (χ3n) is 0.325. The largest absolute Gasteiger partial charge is 0.508 e. The number of carboxylic acid groups (broad SMARTS) is 1. The van der Waals surface area contributed by atoms with Crippen molar-refractivity contribution in [3.8, 4) is 12.5 Å². The summed E-state index contributed by atoms with van der Waals surface area (Å²) in [4.78, 5) is 9.50. The van der Waals surface area contributed by atoms with Crippen molar-refractivity contribution in [3.05, 3.63) is 0 Å². The van der Waals surface area contributed by atoms with E-state index in [9.17, 15) is 4.79 Å². The van der Waals surface area contributed by atoms with Gasteiger partial charge in [-0.1, -0.05) is 6.42 Å². The zero-order valence-corrected chi connectivity index (χ0v) is 3.96. The van der Waals surface area contributed by atoms with Gasteiger partial charge in [0.05, 0.1) is 0 Å². The molecule has 0 saturated heterocycles. The van der Waals surface area contributed by atoms with Gasteiger partial charge in [0.25, 0.3) is 0 Å². The van der Waals surface area contributed by atoms with E-state index in [-0.39, 0.29) is 0 Å². The van der Waals surface area contributed by atoms with Crippen molar-refractivity contribution in [3.63, 3.8) is 0 Å². The molecule has 0 unspecified atom stereocenters. The Balaban J connectivity index is 2.97. The summed E-state index contributed by atoms with van der Waals surface area (Å²) in [6.07, 6.45) is 4.90. The SMILES string of the molecule is C#COCOC(=O)O. The summed E-state index contributed by atoms with van der Waals surface area (Å²) in [6.45, 7) is -0.411. The summed E-state index contributed by atoms with van der Waals surface area (Å²) in [7, 11) is 0. The average Bonchev–Trinajstić information content (AvgIpc) is 1.66. The second kappa shape index (κ2) is 3.81. The molecule has 0 aromatic heterocycles. The van der Waals surface area contributed by atoms with Gasteiger partial charge >= 0.3 is 6.16 Å². The zero-order chi connectivity index (χ0) is 6.41. The fourth-order valence-electron chi connectivity index (χ4n) is 0.114. The maximum absolute atomic E-state index is 9.50. The van der Waals surface area contributed by atoms with Crippen LogP contribution in [0.5, 0.6) is 0 Å². The van der Waals surface area contributed by atoms with Crippen LogP contribution >= 0.6 is 0 Å². The first-order valence-corrected chi connectivity index (χ1v) is 1.70. The molecule has 0 bridgehead atoms. The van der Waals surface area contributed by atoms with Gasteiger partial charge in [-0.25, -0.2) is 4.79 Å². The smallest absolute Gasteiger partial charge is 0.450 e. The summed E-state index contributed by atoms with van der Waals surface area (Å²) in [5.74, 6) is 0. The summed E-state index contributed by atoms with van der Waals surface area (Å²) in [5.41, 5.74) is 0. The number of ether oxygens (including phenoxy) is 2. The van der Waals surface area contributed by atoms with E-state index < -0.39 is 12.9 Å². The molecule has 1 N–H and O–H groups in total. The maximum Gasteiger partial charge on any atom is 0.508 e. The molecule has 0 aliphatic carbocycles. The quantitative estimate of drug-likeness (QED) is 0.243. The van der Waals surface area contributed by atoms with Crippen molar-refractivity contribution in [2.24, 2.45) is 0 Å². The summed E-state index contributed by atoms with van der Waals surface area (Å²) < 4.78 is 7.90. The minimum Gasteiger partial charge on any atom is -0.450 e. The van der Waals surface area contributed by atoms with Crippen molar-refractivity contribution >= 4 is 6.16 Å². The van der Waals surface area contributed by atoms with Gasteiger partial charge in [-0.3, -0.25) is 0 Å². The lowest BCUT2D eigenvalue weighted by molar-refractivity contribution is 0.0130. The summed E-state index contributed by atoms with van der Waals surface area (Å²) in [6, 6.07) is 0. The lowest BCUT2D eigenvalue weighted by Crippen LogP contribution is -2.02. The second-order valence-electron chi connectivity index (χ2n) is 0.790. The fourth-order valence-corrected chi connectivity index (χ4v) is 0.114. The number of carbonyl (C=O) groups is 1. The molecule has 0 fully saturated rings. The van der Waals surface area contributed by atoms with Crippen LogP contribution in [0.2, 0.25) is 0 Å². The number of hydrogen-bond acceptors (Lipinski definition) is 3. The molecule has 8 heavy (non-hydrogen) atoms. The zero-order valence-electron chi connectivity index (χ0n) is 3.96. The van der Waals surface area contributed by atoms with E-state index in [1.807, 2.05) is 0 Å². The van der Waals surface area contributed by atoms with Crippen LogP contribution in [0.1, 0.15) is 0 Å². The van der Waals surface area contributed by atoms with Gasteiger partial charge in [0.1, 0.15) is 6.11 Å². The molecule has 0 saturated carbocycles. The normalized spacial score (nSPS) is 6.88. The third-order valence-corrected chi connectivity index (χ3v) is 0.325. The molecule has 0 aliphatic heterocycles. The molecule has 0 spiro atoms. The van der Waals surface area contributed by atoms with Crippen molar-refractivity contribution in [1.82, 2.24) is 0 Å². The van der Waals surface area contributed by atoms with E-state index >= 15 is 0 Å². The molecule has 4 nitrogen and oxygen atoms in total. The van der Waals surface area contributed by atoms with Gasteiger partial charge in [0, 0.05) is 0 Å². The second-order valence-corrected chi connectivity index (χ2v) is 0.790. The average molecular weight is 116 g/mol. The van der Waals surface area contributed by atoms with Gasteiger partial charge in [-0.05, 0) is 0 Å². The van der Waals surface area contributed by atoms with Crippen LogP contribution in [0, 0.1) is 12.5 Å². The molecule has 0 rings (SSSR count). The fraction of sp³-hybridized carbons (Fsp3) is 0.250. The van der Waals surface area contributed by atoms with Crippen LogP contribution in [-0.4, -0.2) is 18.1 Å². The Labute approximate surface area is 46.0 Å². The molecular weight excluding hydrogens is 112 g/mol. The number of terminal acetylenes is 1. The first-order valence-electron chi connectivity index (χ1n) is 1.70. The minimum atomic E-state index is -1.40. The Morgan fingerprint density at radius 1 is 1.88 bits per heavy atom. The third kappa shape index (κ3) is 4.63. The molecule has 0 radical (unpaired) electrons. The minimum absolute atomic E-state index is 0.411. The highest BCUT2D eigenvalue weighted by molar-refractivity contribution is 5.56. The molecule has 0 aromatic rings. The van der Waals surface area contributed by atoms with Crippen LogP contribution < -0.4 is 0 Å². The molecule has 0 heterocycles. The Kier molecular flexibility index (Phi) is 3.16. The standard InChI is InChI=1S/C4H4O4/c1-2-7-3-8-4(5)6/h1H,3H2,(H,5,6). The topological polar surface area (TPSA) is 55.8 Å². The van der Waals surface area contributed by atoms with Crippen LogP contribution in [0.15, 0.2) is 0 Å². The van der Waals surface area contributed by atoms with Crippen LogP contribution in [0.4, 0.5) is 4.79 Å². The monoisotopic (exact) mass is 116 g/mol. The van der Waals surface area contributed by atoms with Crippen LogP contribution in [0.25, 0.3) is 0 Å². The Hall–Kier alpha value is -1.37. The molecule has 0 atom stereocenters. The molecule has 0 aliphatic rings. The van der Waals surface area contributed by atoms with Gasteiger partial charge in [-0.15, -0.1) is 0 Å². The summed E-state index contributed by atoms with van der Waals surface area (Å²) in [5, 5.41) is 7.77. The first-order chi connectivity index (χ1) is 3.77. The first kappa shape index (κ1) is 6.63. The van der Waals surface area contributed by atoms with Crippen molar-refractivity contribution in [1.29, 1.82) is 0 Å². The molecule has 0 aromatic carbocycles. The van der Waals surface area contributed by atoms with E-state index in [4.69, 9.17) is 5.11 Å². The van der Waals surface area contributed by atoms with Crippen molar-refractivity contribution in [2.75, 3.05) is 6.79 Å². The van der Waals surface area contributed by atoms with E-state index in [0.717, 1.165) is 0 Å². The van der Waals surface area contributed by atoms with Gasteiger partial charge in [0.2, 0.25) is 6.79 Å². The highest BCUT2D eigenvalue weighted by atomic mass is 16.7. The Morgan fingerprint density at radius 3 is 2.88 bits per heavy atom. The van der Waals surface area contributed by atoms with Crippen molar-refractivity contribution < 1.29 is 19.4 Å². The van der Waals surface area contributed by atoms with Crippen molar-refractivity contribution in [2.45, 2.75) is 0 Å². The van der Waals surface area contributed by atoms with Gasteiger partial charge in [-0.2, -0.15) is 0 Å². The van der Waals surface area contributed by atoms with E-state index in [2.05, 4.69) is 15.9 Å². The molecule has 0 amide bonds. The maximum atomic E-state index is 9.50. The molecule has 4 heteroatoms. The molecule has 44 valence electrons. The number of rotatable bonds is 2. The Bertz CT molecular complexity index is 112. The number of hydrogen-bond donors (Lipinski definition) is 1. The predicted octanol–water partition coefficient (Wildman–Crippen LogP) is 0.246. The molecular formula is C4H4O4. The van der Waals surface area contributed by atoms with E-state index in [1.54, 1.807) is 6.11 Å². The predicted molar refractivity (Wildman–Crippen MR) is 23.9 cm³/mol. The van der Waals surface area contributed by atoms with Crippen LogP contribution in [0.3, 0.4) is 0 Å². The van der Waals surface area contributed by atoms with Crippen LogP contribution in [-0.2, 0) is 9.47 Å². The highest BCUT2D eigenvalue weighted by Crippen LogP contribution is 1.74. The van der Waals surface area contributed by atoms with Gasteiger partial charge < -0.3 is 14.6 Å². The van der Waals surface area contributed by atoms with E-state index in [1.165, 1.54) is 0 Å². The van der Waals surface area contributed by atoms with Gasteiger partial charge in [0.15, 0.2) is 0 Å². The lowest BCUT2D eigenvalue weighted by Gasteiger charge is -1.93. The summed E-state index contributed by atoms with van der Waals surface area (Å²) >= 11 is 0.